The number of halogens is 1. The van der Waals surface area contributed by atoms with E-state index in [1.165, 1.54) is 0 Å². The van der Waals surface area contributed by atoms with Gasteiger partial charge in [0.25, 0.3) is 0 Å². The number of amides is 2. The van der Waals surface area contributed by atoms with E-state index in [2.05, 4.69) is 15.5 Å². The Labute approximate surface area is 128 Å². The van der Waals surface area contributed by atoms with Crippen LogP contribution in [0.1, 0.15) is 15.9 Å². The van der Waals surface area contributed by atoms with E-state index in [0.29, 0.717) is 23.7 Å². The van der Waals surface area contributed by atoms with Crippen molar-refractivity contribution in [3.63, 3.8) is 0 Å². The summed E-state index contributed by atoms with van der Waals surface area (Å²) in [5, 5.41) is 6.37. The molecule has 1 aromatic carbocycles. The van der Waals surface area contributed by atoms with Crippen molar-refractivity contribution in [3.8, 4) is 0 Å². The van der Waals surface area contributed by atoms with E-state index in [1.807, 2.05) is 0 Å². The first-order valence-electron chi connectivity index (χ1n) is 6.77. The molecule has 0 aliphatic carbocycles. The fourth-order valence-corrected chi connectivity index (χ4v) is 2.65. The van der Waals surface area contributed by atoms with Crippen molar-refractivity contribution >= 4 is 23.4 Å². The molecular formula is C14H19ClN4O2. The van der Waals surface area contributed by atoms with Crippen LogP contribution < -0.4 is 16.4 Å². The minimum Gasteiger partial charge on any atom is -0.366 e. The monoisotopic (exact) mass is 310 g/mol. The number of rotatable bonds is 4. The summed E-state index contributed by atoms with van der Waals surface area (Å²) in [5.41, 5.74) is 6.48. The van der Waals surface area contributed by atoms with Crippen LogP contribution in [0.25, 0.3) is 0 Å². The highest BCUT2D eigenvalue weighted by Gasteiger charge is 2.28. The molecule has 0 radical (unpaired) electrons. The van der Waals surface area contributed by atoms with Gasteiger partial charge in [0.2, 0.25) is 11.8 Å². The highest BCUT2D eigenvalue weighted by molar-refractivity contribution is 6.31. The van der Waals surface area contributed by atoms with Gasteiger partial charge in [-0.05, 0) is 17.7 Å². The lowest BCUT2D eigenvalue weighted by atomic mass is 10.1. The second-order valence-electron chi connectivity index (χ2n) is 4.98. The molecule has 1 aromatic rings. The average Bonchev–Trinajstić information content (AvgIpc) is 2.49. The number of primary amides is 1. The number of nitrogens with zero attached hydrogens (tertiary/aromatic N) is 1. The Hall–Kier alpha value is -1.63. The highest BCUT2D eigenvalue weighted by Crippen LogP contribution is 2.21. The topological polar surface area (TPSA) is 87.5 Å². The largest absolute Gasteiger partial charge is 0.366 e. The Kier molecular flexibility index (Phi) is 5.17. The van der Waals surface area contributed by atoms with Gasteiger partial charge in [-0.25, -0.2) is 0 Å². The number of hydrogen-bond acceptors (Lipinski definition) is 4. The molecule has 2 amide bonds. The van der Waals surface area contributed by atoms with E-state index in [0.717, 1.165) is 18.7 Å². The number of piperazine rings is 1. The average molecular weight is 311 g/mol. The van der Waals surface area contributed by atoms with Crippen molar-refractivity contribution in [1.29, 1.82) is 0 Å². The molecule has 2 rings (SSSR count). The third kappa shape index (κ3) is 3.72. The Morgan fingerprint density at radius 3 is 2.90 bits per heavy atom. The van der Waals surface area contributed by atoms with Gasteiger partial charge >= 0.3 is 0 Å². The number of benzene rings is 1. The van der Waals surface area contributed by atoms with Crippen LogP contribution in [0.15, 0.2) is 18.2 Å². The molecular weight excluding hydrogens is 292 g/mol. The molecule has 1 fully saturated rings. The first kappa shape index (κ1) is 15.8. The molecule has 0 aromatic heterocycles. The number of carbonyl (C=O) groups excluding carboxylic acids is 2. The van der Waals surface area contributed by atoms with Crippen LogP contribution in [-0.2, 0) is 11.3 Å². The van der Waals surface area contributed by atoms with Gasteiger partial charge in [0, 0.05) is 43.8 Å². The van der Waals surface area contributed by atoms with Crippen LogP contribution in [0.2, 0.25) is 5.02 Å². The van der Waals surface area contributed by atoms with Crippen molar-refractivity contribution in [2.45, 2.75) is 12.6 Å². The quantitative estimate of drug-likeness (QED) is 0.728. The molecule has 1 heterocycles. The summed E-state index contributed by atoms with van der Waals surface area (Å²) in [5.74, 6) is -0.527. The fourth-order valence-electron chi connectivity index (χ4n) is 2.41. The lowest BCUT2D eigenvalue weighted by molar-refractivity contribution is -0.126. The molecule has 1 atom stereocenters. The van der Waals surface area contributed by atoms with Crippen molar-refractivity contribution in [1.82, 2.24) is 15.5 Å². The molecule has 6 nitrogen and oxygen atoms in total. The zero-order valence-corrected chi connectivity index (χ0v) is 12.6. The maximum absolute atomic E-state index is 11.9. The molecule has 1 unspecified atom stereocenters. The summed E-state index contributed by atoms with van der Waals surface area (Å²) in [6.45, 7) is 2.74. The summed E-state index contributed by atoms with van der Waals surface area (Å²) in [6, 6.07) is 4.78. The predicted octanol–water partition coefficient (Wildman–Crippen LogP) is -0.0413. The zero-order valence-electron chi connectivity index (χ0n) is 11.9. The van der Waals surface area contributed by atoms with E-state index < -0.39 is 5.91 Å². The maximum Gasteiger partial charge on any atom is 0.248 e. The molecule has 114 valence electrons. The van der Waals surface area contributed by atoms with E-state index >= 15 is 0 Å². The first-order valence-corrected chi connectivity index (χ1v) is 7.15. The Bertz CT molecular complexity index is 550. The third-order valence-electron chi connectivity index (χ3n) is 3.61. The second-order valence-corrected chi connectivity index (χ2v) is 5.38. The fraction of sp³-hybridized carbons (Fsp3) is 0.429. The lowest BCUT2D eigenvalue weighted by Gasteiger charge is -2.35. The maximum atomic E-state index is 11.9. The molecule has 1 aliphatic rings. The lowest BCUT2D eigenvalue weighted by Crippen LogP contribution is -2.56. The van der Waals surface area contributed by atoms with Gasteiger partial charge in [-0.2, -0.15) is 0 Å². The van der Waals surface area contributed by atoms with E-state index in [-0.39, 0.29) is 11.9 Å². The number of likely N-dealkylation sites (N-methyl/N-ethyl adjacent to an activating group) is 1. The third-order valence-corrected chi connectivity index (χ3v) is 3.97. The van der Waals surface area contributed by atoms with E-state index in [1.54, 1.807) is 25.2 Å². The SMILES string of the molecule is CNC(=O)C1CNCCN1Cc1ccc(C(N)=O)cc1Cl. The molecule has 1 aliphatic heterocycles. The number of nitrogens with one attached hydrogen (secondary N) is 2. The van der Waals surface area contributed by atoms with Gasteiger partial charge in [-0.1, -0.05) is 17.7 Å². The van der Waals surface area contributed by atoms with Gasteiger partial charge in [0.15, 0.2) is 0 Å². The predicted molar refractivity (Wildman–Crippen MR) is 81.1 cm³/mol. The van der Waals surface area contributed by atoms with Crippen LogP contribution in [-0.4, -0.2) is 49.4 Å². The Morgan fingerprint density at radius 1 is 1.52 bits per heavy atom. The summed E-state index contributed by atoms with van der Waals surface area (Å²) in [4.78, 5) is 25.1. The van der Waals surface area contributed by atoms with Crippen molar-refractivity contribution in [2.24, 2.45) is 5.73 Å². The summed E-state index contributed by atoms with van der Waals surface area (Å²) in [7, 11) is 1.63. The summed E-state index contributed by atoms with van der Waals surface area (Å²) >= 11 is 6.20. The highest BCUT2D eigenvalue weighted by atomic mass is 35.5. The van der Waals surface area contributed by atoms with Crippen LogP contribution in [0.3, 0.4) is 0 Å². The number of nitrogens with two attached hydrogens (primary N) is 1. The molecule has 1 saturated heterocycles. The zero-order chi connectivity index (χ0) is 15.4. The molecule has 0 spiro atoms. The van der Waals surface area contributed by atoms with Crippen molar-refractivity contribution in [2.75, 3.05) is 26.7 Å². The van der Waals surface area contributed by atoms with Crippen molar-refractivity contribution < 1.29 is 9.59 Å². The van der Waals surface area contributed by atoms with E-state index in [4.69, 9.17) is 17.3 Å². The second kappa shape index (κ2) is 6.89. The smallest absolute Gasteiger partial charge is 0.248 e. The Balaban J connectivity index is 2.15. The first-order chi connectivity index (χ1) is 10.0. The van der Waals surface area contributed by atoms with Gasteiger partial charge in [-0.3, -0.25) is 14.5 Å². The molecule has 0 bridgehead atoms. The van der Waals surface area contributed by atoms with Crippen molar-refractivity contribution in [3.05, 3.63) is 34.3 Å². The number of hydrogen-bond donors (Lipinski definition) is 3. The molecule has 7 heteroatoms. The minimum absolute atomic E-state index is 0.0212. The van der Waals surface area contributed by atoms with Crippen LogP contribution in [0, 0.1) is 0 Å². The Morgan fingerprint density at radius 2 is 2.29 bits per heavy atom. The number of carbonyl (C=O) groups is 2. The van der Waals surface area contributed by atoms with E-state index in [9.17, 15) is 9.59 Å². The molecule has 4 N–H and O–H groups in total. The van der Waals surface area contributed by atoms with Gasteiger partial charge < -0.3 is 16.4 Å². The van der Waals surface area contributed by atoms with Gasteiger partial charge in [0.05, 0.1) is 0 Å². The van der Waals surface area contributed by atoms with Gasteiger partial charge in [0.1, 0.15) is 6.04 Å². The minimum atomic E-state index is -0.506. The van der Waals surface area contributed by atoms with Crippen LogP contribution in [0.5, 0.6) is 0 Å². The van der Waals surface area contributed by atoms with Crippen LogP contribution in [0.4, 0.5) is 0 Å². The summed E-state index contributed by atoms with van der Waals surface area (Å²) in [6.07, 6.45) is 0. The van der Waals surface area contributed by atoms with Gasteiger partial charge in [-0.15, -0.1) is 0 Å². The molecule has 21 heavy (non-hydrogen) atoms. The molecule has 0 saturated carbocycles. The summed E-state index contributed by atoms with van der Waals surface area (Å²) < 4.78 is 0. The van der Waals surface area contributed by atoms with Crippen LogP contribution >= 0.6 is 11.6 Å². The standard InChI is InChI=1S/C14H19ClN4O2/c1-17-14(21)12-7-18-4-5-19(12)8-10-3-2-9(13(16)20)6-11(10)15/h2-3,6,12,18H,4-5,7-8H2,1H3,(H2,16,20)(H,17,21). The normalized spacial score (nSPS) is 19.2.